The Morgan fingerprint density at radius 3 is 2.40 bits per heavy atom. The third-order valence-corrected chi connectivity index (χ3v) is 5.56. The van der Waals surface area contributed by atoms with Crippen molar-refractivity contribution in [1.82, 2.24) is 9.88 Å². The molecular weight excluding hydrogens is 338 g/mol. The molecule has 0 saturated carbocycles. The maximum Gasteiger partial charge on any atom is 0.179 e. The van der Waals surface area contributed by atoms with Crippen molar-refractivity contribution < 1.29 is 13.5 Å². The Morgan fingerprint density at radius 1 is 1.08 bits per heavy atom. The number of hydrogen-bond acceptors (Lipinski definition) is 6. The average molecular weight is 361 g/mol. The summed E-state index contributed by atoms with van der Waals surface area (Å²) >= 11 is 0. The van der Waals surface area contributed by atoms with Crippen LogP contribution in [0, 0.1) is 0 Å². The summed E-state index contributed by atoms with van der Waals surface area (Å²) in [6.07, 6.45) is 2.31. The SMILES string of the molecule is CS(=O)(=O)c1cccnc1N1CCN(CC(O)c2ccccc2)CC1. The smallest absolute Gasteiger partial charge is 0.179 e. The van der Waals surface area contributed by atoms with E-state index >= 15 is 0 Å². The molecule has 25 heavy (non-hydrogen) atoms. The molecule has 7 heteroatoms. The number of aliphatic hydroxyl groups excluding tert-OH is 1. The van der Waals surface area contributed by atoms with Gasteiger partial charge in [-0.15, -0.1) is 0 Å². The molecule has 0 radical (unpaired) electrons. The number of piperazine rings is 1. The third kappa shape index (κ3) is 4.36. The summed E-state index contributed by atoms with van der Waals surface area (Å²) in [5.41, 5.74) is 0.911. The van der Waals surface area contributed by atoms with Gasteiger partial charge in [-0.2, -0.15) is 0 Å². The molecule has 1 N–H and O–H groups in total. The van der Waals surface area contributed by atoms with Gasteiger partial charge in [-0.1, -0.05) is 30.3 Å². The third-order valence-electron chi connectivity index (χ3n) is 4.44. The summed E-state index contributed by atoms with van der Waals surface area (Å²) < 4.78 is 23.9. The molecule has 6 nitrogen and oxygen atoms in total. The van der Waals surface area contributed by atoms with E-state index in [9.17, 15) is 13.5 Å². The number of anilines is 1. The Balaban J connectivity index is 1.63. The van der Waals surface area contributed by atoms with Crippen molar-refractivity contribution in [2.45, 2.75) is 11.0 Å². The fourth-order valence-corrected chi connectivity index (χ4v) is 3.92. The second-order valence-corrected chi connectivity index (χ2v) is 8.30. The van der Waals surface area contributed by atoms with Gasteiger partial charge in [0.2, 0.25) is 0 Å². The average Bonchev–Trinajstić information content (AvgIpc) is 2.62. The lowest BCUT2D eigenvalue weighted by Crippen LogP contribution is -2.48. The molecular formula is C18H23N3O3S. The number of hydrogen-bond donors (Lipinski definition) is 1. The summed E-state index contributed by atoms with van der Waals surface area (Å²) in [6, 6.07) is 12.9. The normalized spacial score (nSPS) is 17.4. The van der Waals surface area contributed by atoms with Crippen LogP contribution in [0.1, 0.15) is 11.7 Å². The minimum atomic E-state index is -3.31. The highest BCUT2D eigenvalue weighted by molar-refractivity contribution is 7.90. The van der Waals surface area contributed by atoms with Crippen molar-refractivity contribution in [2.24, 2.45) is 0 Å². The van der Waals surface area contributed by atoms with Crippen molar-refractivity contribution >= 4 is 15.7 Å². The van der Waals surface area contributed by atoms with Gasteiger partial charge >= 0.3 is 0 Å². The molecule has 0 amide bonds. The lowest BCUT2D eigenvalue weighted by atomic mass is 10.1. The van der Waals surface area contributed by atoms with Crippen LogP contribution in [0.5, 0.6) is 0 Å². The molecule has 0 bridgehead atoms. The highest BCUT2D eigenvalue weighted by atomic mass is 32.2. The summed E-state index contributed by atoms with van der Waals surface area (Å²) in [4.78, 5) is 8.75. The van der Waals surface area contributed by atoms with Crippen LogP contribution in [0.2, 0.25) is 0 Å². The van der Waals surface area contributed by atoms with Crippen molar-refractivity contribution in [3.8, 4) is 0 Å². The van der Waals surface area contributed by atoms with Crippen molar-refractivity contribution in [3.63, 3.8) is 0 Å². The molecule has 1 aromatic heterocycles. The number of aromatic nitrogens is 1. The first-order chi connectivity index (χ1) is 11.9. The maximum absolute atomic E-state index is 12.0. The molecule has 1 fully saturated rings. The van der Waals surface area contributed by atoms with Gasteiger partial charge in [0.25, 0.3) is 0 Å². The molecule has 2 aromatic rings. The molecule has 0 spiro atoms. The Morgan fingerprint density at radius 2 is 1.76 bits per heavy atom. The molecule has 0 aliphatic carbocycles. The van der Waals surface area contributed by atoms with Crippen LogP contribution >= 0.6 is 0 Å². The Kier molecular flexibility index (Phi) is 5.36. The van der Waals surface area contributed by atoms with E-state index in [2.05, 4.69) is 9.88 Å². The van der Waals surface area contributed by atoms with Gasteiger partial charge in [-0.25, -0.2) is 13.4 Å². The molecule has 1 saturated heterocycles. The minimum Gasteiger partial charge on any atom is -0.387 e. The second kappa shape index (κ2) is 7.51. The van der Waals surface area contributed by atoms with E-state index in [-0.39, 0.29) is 4.90 Å². The molecule has 1 aliphatic heterocycles. The molecule has 1 aromatic carbocycles. The predicted octanol–water partition coefficient (Wildman–Crippen LogP) is 1.34. The molecule has 134 valence electrons. The van der Waals surface area contributed by atoms with Crippen molar-refractivity contribution in [3.05, 3.63) is 54.2 Å². The van der Waals surface area contributed by atoms with E-state index in [0.717, 1.165) is 18.7 Å². The highest BCUT2D eigenvalue weighted by Crippen LogP contribution is 2.24. The first-order valence-corrected chi connectivity index (χ1v) is 10.2. The van der Waals surface area contributed by atoms with E-state index in [1.807, 2.05) is 35.2 Å². The van der Waals surface area contributed by atoms with E-state index in [1.165, 1.54) is 6.26 Å². The number of sulfone groups is 1. The summed E-state index contributed by atoms with van der Waals surface area (Å²) in [5, 5.41) is 10.4. The van der Waals surface area contributed by atoms with Gasteiger partial charge in [-0.05, 0) is 17.7 Å². The number of rotatable bonds is 5. The highest BCUT2D eigenvalue weighted by Gasteiger charge is 2.24. The first-order valence-electron chi connectivity index (χ1n) is 8.30. The van der Waals surface area contributed by atoms with Crippen LogP contribution in [-0.2, 0) is 9.84 Å². The van der Waals surface area contributed by atoms with Crippen molar-refractivity contribution in [1.29, 1.82) is 0 Å². The lowest BCUT2D eigenvalue weighted by molar-refractivity contribution is 0.109. The molecule has 3 rings (SSSR count). The van der Waals surface area contributed by atoms with Crippen LogP contribution in [0.25, 0.3) is 0 Å². The summed E-state index contributed by atoms with van der Waals surface area (Å²) in [7, 11) is -3.31. The minimum absolute atomic E-state index is 0.271. The first kappa shape index (κ1) is 17.8. The molecule has 2 heterocycles. The van der Waals surface area contributed by atoms with Crippen LogP contribution < -0.4 is 4.90 Å². The van der Waals surface area contributed by atoms with Gasteiger partial charge in [0, 0.05) is 45.2 Å². The van der Waals surface area contributed by atoms with Crippen LogP contribution in [0.15, 0.2) is 53.6 Å². The second-order valence-electron chi connectivity index (χ2n) is 6.31. The Bertz CT molecular complexity index is 803. The van der Waals surface area contributed by atoms with E-state index in [1.54, 1.807) is 18.3 Å². The monoisotopic (exact) mass is 361 g/mol. The fourth-order valence-electron chi connectivity index (χ4n) is 3.08. The molecule has 1 atom stereocenters. The van der Waals surface area contributed by atoms with Crippen LogP contribution in [0.4, 0.5) is 5.82 Å². The van der Waals surface area contributed by atoms with Gasteiger partial charge in [0.1, 0.15) is 10.7 Å². The number of benzene rings is 1. The van der Waals surface area contributed by atoms with E-state index < -0.39 is 15.9 Å². The summed E-state index contributed by atoms with van der Waals surface area (Å²) in [5.74, 6) is 0.522. The van der Waals surface area contributed by atoms with Gasteiger partial charge in [-0.3, -0.25) is 4.90 Å². The largest absolute Gasteiger partial charge is 0.387 e. The van der Waals surface area contributed by atoms with Crippen molar-refractivity contribution in [2.75, 3.05) is 43.9 Å². The van der Waals surface area contributed by atoms with Crippen LogP contribution in [0.3, 0.4) is 0 Å². The van der Waals surface area contributed by atoms with Gasteiger partial charge in [0.05, 0.1) is 6.10 Å². The standard InChI is InChI=1S/C18H23N3O3S/c1-25(23,24)17-8-5-9-19-18(17)21-12-10-20(11-13-21)14-16(22)15-6-3-2-4-7-15/h2-9,16,22H,10-14H2,1H3. The zero-order valence-electron chi connectivity index (χ0n) is 14.2. The Hall–Kier alpha value is -1.96. The van der Waals surface area contributed by atoms with Gasteiger partial charge in [0.15, 0.2) is 9.84 Å². The number of pyridine rings is 1. The number of nitrogens with zero attached hydrogens (tertiary/aromatic N) is 3. The fraction of sp³-hybridized carbons (Fsp3) is 0.389. The Labute approximate surface area is 148 Å². The maximum atomic E-state index is 12.0. The number of aliphatic hydroxyl groups is 1. The van der Waals surface area contributed by atoms with Gasteiger partial charge < -0.3 is 10.0 Å². The topological polar surface area (TPSA) is 73.7 Å². The summed E-state index contributed by atoms with van der Waals surface area (Å²) in [6.45, 7) is 3.44. The lowest BCUT2D eigenvalue weighted by Gasteiger charge is -2.36. The number of β-amino-alcohol motifs (C(OH)–C–C–N with tert-alkyl or cyclic N) is 1. The molecule has 1 unspecified atom stereocenters. The zero-order chi connectivity index (χ0) is 17.9. The van der Waals surface area contributed by atoms with Crippen LogP contribution in [-0.4, -0.2) is 62.4 Å². The predicted molar refractivity (Wildman–Crippen MR) is 97.4 cm³/mol. The molecule has 1 aliphatic rings. The quantitative estimate of drug-likeness (QED) is 0.866. The van der Waals surface area contributed by atoms with E-state index in [4.69, 9.17) is 0 Å². The zero-order valence-corrected chi connectivity index (χ0v) is 15.1. The van der Waals surface area contributed by atoms with E-state index in [0.29, 0.717) is 25.5 Å².